The lowest BCUT2D eigenvalue weighted by atomic mass is 9.84. The van der Waals surface area contributed by atoms with Crippen molar-refractivity contribution >= 4 is 11.9 Å². The molecule has 0 aromatic carbocycles. The molecular weight excluding hydrogens is 196 g/mol. The van der Waals surface area contributed by atoms with E-state index in [1.807, 2.05) is 0 Å². The van der Waals surface area contributed by atoms with Crippen LogP contribution in [-0.4, -0.2) is 22.2 Å². The fourth-order valence-electron chi connectivity index (χ4n) is 2.06. The molecule has 0 heterocycles. The van der Waals surface area contributed by atoms with Crippen LogP contribution in [0.3, 0.4) is 0 Å². The molecular formula is C11H16O4. The third kappa shape index (κ3) is 4.14. The lowest BCUT2D eigenvalue weighted by Crippen LogP contribution is -2.12. The molecule has 0 bridgehead atoms. The van der Waals surface area contributed by atoms with E-state index in [2.05, 4.69) is 0 Å². The molecule has 84 valence electrons. The Morgan fingerprint density at radius 3 is 2.20 bits per heavy atom. The molecule has 0 unspecified atom stereocenters. The van der Waals surface area contributed by atoms with Crippen molar-refractivity contribution < 1.29 is 19.8 Å². The zero-order valence-corrected chi connectivity index (χ0v) is 8.61. The van der Waals surface area contributed by atoms with E-state index in [4.69, 9.17) is 10.2 Å². The fourth-order valence-corrected chi connectivity index (χ4v) is 2.06. The molecule has 4 nitrogen and oxygen atoms in total. The zero-order chi connectivity index (χ0) is 11.3. The Labute approximate surface area is 88.6 Å². The molecule has 0 aliphatic heterocycles. The van der Waals surface area contributed by atoms with Crippen molar-refractivity contribution in [2.45, 2.75) is 38.5 Å². The summed E-state index contributed by atoms with van der Waals surface area (Å²) in [6, 6.07) is 0. The fraction of sp³-hybridized carbons (Fsp3) is 0.636. The smallest absolute Gasteiger partial charge is 0.331 e. The molecule has 1 aliphatic carbocycles. The van der Waals surface area contributed by atoms with Crippen molar-refractivity contribution in [2.24, 2.45) is 5.92 Å². The normalized spacial score (nSPS) is 18.8. The van der Waals surface area contributed by atoms with E-state index in [0.29, 0.717) is 12.3 Å². The summed E-state index contributed by atoms with van der Waals surface area (Å²) in [6.07, 6.45) is 6.71. The van der Waals surface area contributed by atoms with Gasteiger partial charge in [0.25, 0.3) is 0 Å². The van der Waals surface area contributed by atoms with Crippen molar-refractivity contribution in [2.75, 3.05) is 0 Å². The first-order valence-corrected chi connectivity index (χ1v) is 5.26. The third-order valence-electron chi connectivity index (χ3n) is 2.81. The van der Waals surface area contributed by atoms with Gasteiger partial charge in [-0.15, -0.1) is 0 Å². The van der Waals surface area contributed by atoms with Crippen LogP contribution in [0.4, 0.5) is 0 Å². The minimum absolute atomic E-state index is 0.0226. The van der Waals surface area contributed by atoms with Crippen LogP contribution in [0, 0.1) is 5.92 Å². The average Bonchev–Trinajstić information content (AvgIpc) is 2.17. The number of aliphatic carboxylic acids is 2. The monoisotopic (exact) mass is 212 g/mol. The van der Waals surface area contributed by atoms with E-state index in [0.717, 1.165) is 31.8 Å². The van der Waals surface area contributed by atoms with Crippen LogP contribution in [0.1, 0.15) is 38.5 Å². The summed E-state index contributed by atoms with van der Waals surface area (Å²) in [7, 11) is 0. The molecule has 1 rings (SSSR count). The van der Waals surface area contributed by atoms with Crippen LogP contribution in [0.5, 0.6) is 0 Å². The van der Waals surface area contributed by atoms with Gasteiger partial charge >= 0.3 is 11.9 Å². The highest BCUT2D eigenvalue weighted by atomic mass is 16.4. The second-order valence-corrected chi connectivity index (χ2v) is 4.02. The Morgan fingerprint density at radius 1 is 1.13 bits per heavy atom. The molecule has 0 radical (unpaired) electrons. The highest BCUT2D eigenvalue weighted by Crippen LogP contribution is 2.28. The van der Waals surface area contributed by atoms with E-state index in [1.54, 1.807) is 0 Å². The molecule has 1 fully saturated rings. The Hall–Kier alpha value is -1.32. The molecule has 0 aromatic heterocycles. The van der Waals surface area contributed by atoms with Gasteiger partial charge in [-0.3, -0.25) is 0 Å². The predicted molar refractivity (Wildman–Crippen MR) is 54.5 cm³/mol. The number of carboxylic acids is 2. The molecule has 1 aliphatic rings. The number of carbonyl (C=O) groups is 2. The third-order valence-corrected chi connectivity index (χ3v) is 2.81. The molecule has 15 heavy (non-hydrogen) atoms. The summed E-state index contributed by atoms with van der Waals surface area (Å²) in [5.41, 5.74) is 0.0226. The minimum Gasteiger partial charge on any atom is -0.478 e. The molecule has 4 heteroatoms. The second-order valence-electron chi connectivity index (χ2n) is 4.02. The standard InChI is InChI=1S/C11H16O4/c12-10(13)7-9(11(14)15)6-8-4-2-1-3-5-8/h7-8H,1-6H2,(H,12,13)(H,14,15). The van der Waals surface area contributed by atoms with Crippen LogP contribution in [-0.2, 0) is 9.59 Å². The van der Waals surface area contributed by atoms with E-state index < -0.39 is 11.9 Å². The molecule has 0 amide bonds. The Balaban J connectivity index is 2.57. The Morgan fingerprint density at radius 2 is 1.73 bits per heavy atom. The summed E-state index contributed by atoms with van der Waals surface area (Å²) >= 11 is 0. The van der Waals surface area contributed by atoms with Gasteiger partial charge in [0.1, 0.15) is 0 Å². The van der Waals surface area contributed by atoms with Crippen LogP contribution in [0.25, 0.3) is 0 Å². The quantitative estimate of drug-likeness (QED) is 0.699. The van der Waals surface area contributed by atoms with Gasteiger partial charge in [-0.1, -0.05) is 32.1 Å². The highest BCUT2D eigenvalue weighted by molar-refractivity contribution is 5.94. The van der Waals surface area contributed by atoms with Crippen LogP contribution >= 0.6 is 0 Å². The highest BCUT2D eigenvalue weighted by Gasteiger charge is 2.19. The number of hydrogen-bond donors (Lipinski definition) is 2. The van der Waals surface area contributed by atoms with Gasteiger partial charge in [-0.2, -0.15) is 0 Å². The van der Waals surface area contributed by atoms with E-state index in [9.17, 15) is 9.59 Å². The van der Waals surface area contributed by atoms with Crippen molar-refractivity contribution in [1.29, 1.82) is 0 Å². The van der Waals surface area contributed by atoms with Gasteiger partial charge < -0.3 is 10.2 Å². The SMILES string of the molecule is O=C(O)C=C(CC1CCCCC1)C(=O)O. The van der Waals surface area contributed by atoms with Gasteiger partial charge in [-0.25, -0.2) is 9.59 Å². The molecule has 1 saturated carbocycles. The maximum absolute atomic E-state index is 10.8. The molecule has 2 N–H and O–H groups in total. The number of hydrogen-bond acceptors (Lipinski definition) is 2. The van der Waals surface area contributed by atoms with Gasteiger partial charge in [0, 0.05) is 11.6 Å². The van der Waals surface area contributed by atoms with Crippen LogP contribution < -0.4 is 0 Å². The second kappa shape index (κ2) is 5.53. The maximum Gasteiger partial charge on any atom is 0.331 e. The molecule has 0 atom stereocenters. The lowest BCUT2D eigenvalue weighted by molar-refractivity contribution is -0.135. The predicted octanol–water partition coefficient (Wildman–Crippen LogP) is 2.05. The van der Waals surface area contributed by atoms with Gasteiger partial charge in [0.05, 0.1) is 0 Å². The van der Waals surface area contributed by atoms with Gasteiger partial charge in [-0.05, 0) is 12.3 Å². The van der Waals surface area contributed by atoms with E-state index >= 15 is 0 Å². The summed E-state index contributed by atoms with van der Waals surface area (Å²) in [6.45, 7) is 0. The summed E-state index contributed by atoms with van der Waals surface area (Å²) in [5.74, 6) is -1.94. The molecule has 0 spiro atoms. The van der Waals surface area contributed by atoms with Crippen molar-refractivity contribution in [3.63, 3.8) is 0 Å². The first-order valence-electron chi connectivity index (χ1n) is 5.26. The van der Waals surface area contributed by atoms with Crippen molar-refractivity contribution in [1.82, 2.24) is 0 Å². The topological polar surface area (TPSA) is 74.6 Å². The summed E-state index contributed by atoms with van der Waals surface area (Å²) < 4.78 is 0. The molecule has 0 saturated heterocycles. The zero-order valence-electron chi connectivity index (χ0n) is 8.61. The average molecular weight is 212 g/mol. The van der Waals surface area contributed by atoms with E-state index in [-0.39, 0.29) is 5.57 Å². The van der Waals surface area contributed by atoms with Gasteiger partial charge in [0.15, 0.2) is 0 Å². The van der Waals surface area contributed by atoms with Crippen molar-refractivity contribution in [3.05, 3.63) is 11.6 Å². The maximum atomic E-state index is 10.8. The first kappa shape index (κ1) is 11.8. The number of rotatable bonds is 4. The van der Waals surface area contributed by atoms with Crippen LogP contribution in [0.15, 0.2) is 11.6 Å². The summed E-state index contributed by atoms with van der Waals surface area (Å²) in [5, 5.41) is 17.3. The largest absolute Gasteiger partial charge is 0.478 e. The van der Waals surface area contributed by atoms with Crippen molar-refractivity contribution in [3.8, 4) is 0 Å². The number of carboxylic acid groups (broad SMARTS) is 2. The van der Waals surface area contributed by atoms with Gasteiger partial charge in [0.2, 0.25) is 0 Å². The Bertz CT molecular complexity index is 274. The van der Waals surface area contributed by atoms with E-state index in [1.165, 1.54) is 6.42 Å². The lowest BCUT2D eigenvalue weighted by Gasteiger charge is -2.21. The minimum atomic E-state index is -1.18. The Kier molecular flexibility index (Phi) is 4.34. The van der Waals surface area contributed by atoms with Crippen LogP contribution in [0.2, 0.25) is 0 Å². The summed E-state index contributed by atoms with van der Waals surface area (Å²) in [4.78, 5) is 21.2. The molecule has 0 aromatic rings. The first-order chi connectivity index (χ1) is 7.09.